The lowest BCUT2D eigenvalue weighted by Gasteiger charge is -2.15. The van der Waals surface area contributed by atoms with Crippen molar-refractivity contribution in [2.45, 2.75) is 6.04 Å². The minimum Gasteiger partial charge on any atom is -0.479 e. The minimum absolute atomic E-state index is 0.509. The third kappa shape index (κ3) is 4.32. The number of amides is 2. The molecule has 5 nitrogen and oxygen atoms in total. The van der Waals surface area contributed by atoms with Crippen LogP contribution >= 0.6 is 15.9 Å². The summed E-state index contributed by atoms with van der Waals surface area (Å²) < 4.78 is 0.818. The van der Waals surface area contributed by atoms with Crippen LogP contribution < -0.4 is 10.6 Å². The highest BCUT2D eigenvalue weighted by atomic mass is 79.9. The minimum atomic E-state index is -1.12. The van der Waals surface area contributed by atoms with Crippen molar-refractivity contribution >= 4 is 33.6 Å². The topological polar surface area (TPSA) is 78.4 Å². The van der Waals surface area contributed by atoms with Gasteiger partial charge in [-0.25, -0.2) is 9.59 Å². The molecule has 2 rings (SSSR count). The number of hydrogen-bond donors (Lipinski definition) is 3. The Morgan fingerprint density at radius 1 is 1.05 bits per heavy atom. The third-order valence-electron chi connectivity index (χ3n) is 2.74. The number of nitrogens with one attached hydrogen (secondary N) is 2. The van der Waals surface area contributed by atoms with E-state index in [0.717, 1.165) is 4.47 Å². The van der Waals surface area contributed by atoms with Crippen molar-refractivity contribution in [3.8, 4) is 0 Å². The molecular formula is C15H13BrN2O3. The van der Waals surface area contributed by atoms with E-state index in [1.54, 1.807) is 48.5 Å². The fourth-order valence-corrected chi connectivity index (χ4v) is 2.20. The number of halogens is 1. The van der Waals surface area contributed by atoms with Gasteiger partial charge >= 0.3 is 12.0 Å². The van der Waals surface area contributed by atoms with Gasteiger partial charge in [0.05, 0.1) is 0 Å². The molecule has 0 unspecified atom stereocenters. The van der Waals surface area contributed by atoms with Gasteiger partial charge in [0.2, 0.25) is 0 Å². The van der Waals surface area contributed by atoms with Gasteiger partial charge in [-0.05, 0) is 23.8 Å². The van der Waals surface area contributed by atoms with E-state index in [4.69, 9.17) is 0 Å². The second kappa shape index (κ2) is 6.90. The lowest BCUT2D eigenvalue weighted by atomic mass is 10.1. The summed E-state index contributed by atoms with van der Waals surface area (Å²) in [4.78, 5) is 23.2. The molecule has 0 fully saturated rings. The van der Waals surface area contributed by atoms with Gasteiger partial charge in [-0.2, -0.15) is 0 Å². The van der Waals surface area contributed by atoms with E-state index in [0.29, 0.717) is 11.3 Å². The number of rotatable bonds is 4. The van der Waals surface area contributed by atoms with Gasteiger partial charge < -0.3 is 15.7 Å². The predicted octanol–water partition coefficient (Wildman–Crippen LogP) is 3.40. The molecule has 2 amide bonds. The highest BCUT2D eigenvalue weighted by Crippen LogP contribution is 2.16. The lowest BCUT2D eigenvalue weighted by molar-refractivity contribution is -0.139. The molecule has 2 aromatic rings. The number of carboxylic acid groups (broad SMARTS) is 1. The first-order valence-corrected chi connectivity index (χ1v) is 6.96. The van der Waals surface area contributed by atoms with Crippen LogP contribution in [0, 0.1) is 0 Å². The van der Waals surface area contributed by atoms with E-state index in [-0.39, 0.29) is 0 Å². The number of urea groups is 1. The Bertz CT molecular complexity index is 646. The van der Waals surface area contributed by atoms with E-state index in [1.807, 2.05) is 6.07 Å². The standard InChI is InChI=1S/C15H13BrN2O3/c16-11-7-4-8-12(9-11)17-15(21)18-13(14(19)20)10-5-2-1-3-6-10/h1-9,13H,(H,19,20)(H2,17,18,21)/t13-/m0/s1. The van der Waals surface area contributed by atoms with Crippen molar-refractivity contribution in [3.63, 3.8) is 0 Å². The molecule has 0 aromatic heterocycles. The summed E-state index contributed by atoms with van der Waals surface area (Å²) in [6.45, 7) is 0. The maximum atomic E-state index is 11.9. The molecule has 2 aromatic carbocycles. The number of benzene rings is 2. The highest BCUT2D eigenvalue weighted by molar-refractivity contribution is 9.10. The number of carbonyl (C=O) groups is 2. The Balaban J connectivity index is 2.07. The number of carboxylic acids is 1. The Hall–Kier alpha value is -2.34. The molecule has 1 atom stereocenters. The van der Waals surface area contributed by atoms with Crippen LogP contribution in [0.1, 0.15) is 11.6 Å². The van der Waals surface area contributed by atoms with Crippen molar-refractivity contribution in [3.05, 3.63) is 64.6 Å². The summed E-state index contributed by atoms with van der Waals surface area (Å²) in [6.07, 6.45) is 0. The smallest absolute Gasteiger partial charge is 0.330 e. The van der Waals surface area contributed by atoms with Crippen LogP contribution in [0.2, 0.25) is 0 Å². The van der Waals surface area contributed by atoms with E-state index < -0.39 is 18.0 Å². The molecule has 0 aliphatic rings. The monoisotopic (exact) mass is 348 g/mol. The number of carbonyl (C=O) groups excluding carboxylic acids is 1. The molecule has 0 aliphatic carbocycles. The molecule has 0 radical (unpaired) electrons. The second-order valence-electron chi connectivity index (χ2n) is 4.29. The molecular weight excluding hydrogens is 336 g/mol. The molecule has 3 N–H and O–H groups in total. The van der Waals surface area contributed by atoms with Gasteiger partial charge in [-0.1, -0.05) is 52.3 Å². The maximum absolute atomic E-state index is 11.9. The maximum Gasteiger partial charge on any atom is 0.330 e. The van der Waals surface area contributed by atoms with E-state index in [9.17, 15) is 14.7 Å². The number of aliphatic carboxylic acids is 1. The summed E-state index contributed by atoms with van der Waals surface area (Å²) in [6, 6.07) is 13.9. The summed E-state index contributed by atoms with van der Waals surface area (Å²) in [5, 5.41) is 14.3. The quantitative estimate of drug-likeness (QED) is 0.792. The molecule has 6 heteroatoms. The Morgan fingerprint density at radius 2 is 1.76 bits per heavy atom. The van der Waals surface area contributed by atoms with Gasteiger partial charge in [0.1, 0.15) is 0 Å². The van der Waals surface area contributed by atoms with Gasteiger partial charge in [0, 0.05) is 10.2 Å². The fraction of sp³-hybridized carbons (Fsp3) is 0.0667. The number of anilines is 1. The van der Waals surface area contributed by atoms with Crippen molar-refractivity contribution in [2.24, 2.45) is 0 Å². The van der Waals surface area contributed by atoms with Crippen LogP contribution in [0.5, 0.6) is 0 Å². The van der Waals surface area contributed by atoms with Gasteiger partial charge in [-0.3, -0.25) is 0 Å². The lowest BCUT2D eigenvalue weighted by Crippen LogP contribution is -2.36. The van der Waals surface area contributed by atoms with Crippen molar-refractivity contribution in [1.82, 2.24) is 5.32 Å². The first-order valence-electron chi connectivity index (χ1n) is 6.17. The summed E-state index contributed by atoms with van der Waals surface area (Å²) in [5.74, 6) is -1.12. The highest BCUT2D eigenvalue weighted by Gasteiger charge is 2.21. The third-order valence-corrected chi connectivity index (χ3v) is 3.23. The van der Waals surface area contributed by atoms with Crippen molar-refractivity contribution < 1.29 is 14.7 Å². The van der Waals surface area contributed by atoms with E-state index in [2.05, 4.69) is 26.6 Å². The van der Waals surface area contributed by atoms with Gasteiger partial charge in [0.15, 0.2) is 6.04 Å². The zero-order valence-corrected chi connectivity index (χ0v) is 12.5. The van der Waals surface area contributed by atoms with Crippen LogP contribution in [-0.2, 0) is 4.79 Å². The molecule has 0 heterocycles. The normalized spacial score (nSPS) is 11.5. The van der Waals surface area contributed by atoms with Crippen molar-refractivity contribution in [1.29, 1.82) is 0 Å². The molecule has 0 spiro atoms. The molecule has 0 bridgehead atoms. The first-order chi connectivity index (χ1) is 10.1. The van der Waals surface area contributed by atoms with Crippen molar-refractivity contribution in [2.75, 3.05) is 5.32 Å². The first kappa shape index (κ1) is 15.1. The van der Waals surface area contributed by atoms with Crippen LogP contribution in [0.25, 0.3) is 0 Å². The summed E-state index contributed by atoms with van der Waals surface area (Å²) in [7, 11) is 0. The van der Waals surface area contributed by atoms with Gasteiger partial charge in [0.25, 0.3) is 0 Å². The Labute approximate surface area is 130 Å². The summed E-state index contributed by atoms with van der Waals surface area (Å²) in [5.41, 5.74) is 1.08. The Morgan fingerprint density at radius 3 is 2.38 bits per heavy atom. The van der Waals surface area contributed by atoms with Crippen LogP contribution in [-0.4, -0.2) is 17.1 Å². The molecule has 21 heavy (non-hydrogen) atoms. The fourth-order valence-electron chi connectivity index (χ4n) is 1.80. The van der Waals surface area contributed by atoms with Crippen LogP contribution in [0.3, 0.4) is 0 Å². The van der Waals surface area contributed by atoms with E-state index >= 15 is 0 Å². The van der Waals surface area contributed by atoms with E-state index in [1.165, 1.54) is 0 Å². The Kier molecular flexibility index (Phi) is 4.94. The SMILES string of the molecule is O=C(Nc1cccc(Br)c1)N[C@H](C(=O)O)c1ccccc1. The summed E-state index contributed by atoms with van der Waals surface area (Å²) >= 11 is 3.30. The average molecular weight is 349 g/mol. The molecule has 0 saturated heterocycles. The molecule has 108 valence electrons. The average Bonchev–Trinajstić information content (AvgIpc) is 2.45. The van der Waals surface area contributed by atoms with Crippen LogP contribution in [0.4, 0.5) is 10.5 Å². The predicted molar refractivity (Wildman–Crippen MR) is 83.1 cm³/mol. The largest absolute Gasteiger partial charge is 0.479 e. The number of hydrogen-bond acceptors (Lipinski definition) is 2. The molecule has 0 aliphatic heterocycles. The zero-order valence-electron chi connectivity index (χ0n) is 10.9. The van der Waals surface area contributed by atoms with Crippen LogP contribution in [0.15, 0.2) is 59.1 Å². The zero-order chi connectivity index (χ0) is 15.2. The second-order valence-corrected chi connectivity index (χ2v) is 5.21. The molecule has 0 saturated carbocycles. The van der Waals surface area contributed by atoms with Gasteiger partial charge in [-0.15, -0.1) is 0 Å².